The highest BCUT2D eigenvalue weighted by Crippen LogP contribution is 2.10. The van der Waals surface area contributed by atoms with Gasteiger partial charge in [-0.25, -0.2) is 0 Å². The Bertz CT molecular complexity index is 211. The molecule has 0 bridgehead atoms. The van der Waals surface area contributed by atoms with Crippen molar-refractivity contribution >= 4 is 15.9 Å². The van der Waals surface area contributed by atoms with Gasteiger partial charge in [-0.1, -0.05) is 28.1 Å². The zero-order valence-corrected chi connectivity index (χ0v) is 12.5. The summed E-state index contributed by atoms with van der Waals surface area (Å²) in [5.41, 5.74) is 0. The van der Waals surface area contributed by atoms with Crippen LogP contribution in [0.5, 0.6) is 0 Å². The standard InChI is InChI=1S/C13H24BrFNO2/c1-3-10-17-12-8-16(15,7-5-6-14)9-13-18-11-4-2/h3-4H,1-2,5-13H2/q+1. The molecule has 0 saturated heterocycles. The molecule has 0 aromatic carbocycles. The first-order chi connectivity index (χ1) is 8.68. The molecule has 0 rings (SSSR count). The molecule has 0 unspecified atom stereocenters. The van der Waals surface area contributed by atoms with E-state index in [9.17, 15) is 4.48 Å². The van der Waals surface area contributed by atoms with Crippen LogP contribution in [-0.4, -0.2) is 56.1 Å². The van der Waals surface area contributed by atoms with E-state index in [1.54, 1.807) is 12.2 Å². The van der Waals surface area contributed by atoms with Crippen molar-refractivity contribution in [3.63, 3.8) is 0 Å². The molecule has 0 heterocycles. The van der Waals surface area contributed by atoms with E-state index >= 15 is 0 Å². The van der Waals surface area contributed by atoms with Gasteiger partial charge in [-0.05, 0) is 4.48 Å². The summed E-state index contributed by atoms with van der Waals surface area (Å²) >= 11 is 3.32. The van der Waals surface area contributed by atoms with Crippen LogP contribution in [0.3, 0.4) is 0 Å². The minimum absolute atomic E-state index is 0.346. The van der Waals surface area contributed by atoms with Crippen LogP contribution in [-0.2, 0) is 9.47 Å². The van der Waals surface area contributed by atoms with E-state index in [2.05, 4.69) is 29.1 Å². The average molecular weight is 325 g/mol. The number of halogens is 2. The summed E-state index contributed by atoms with van der Waals surface area (Å²) in [5.74, 6) is 0. The third-order valence-electron chi connectivity index (χ3n) is 2.44. The molecule has 0 aliphatic carbocycles. The Hall–Kier alpha value is -0.230. The second kappa shape index (κ2) is 11.8. The first-order valence-electron chi connectivity index (χ1n) is 6.17. The molecular weight excluding hydrogens is 301 g/mol. The molecule has 0 amide bonds. The summed E-state index contributed by atoms with van der Waals surface area (Å²) in [6.07, 6.45) is 4.12. The fraction of sp³-hybridized carbons (Fsp3) is 0.692. The van der Waals surface area contributed by atoms with Crippen molar-refractivity contribution < 1.29 is 18.7 Å². The van der Waals surface area contributed by atoms with E-state index in [0.29, 0.717) is 46.1 Å². The fourth-order valence-corrected chi connectivity index (χ4v) is 1.72. The van der Waals surface area contributed by atoms with Crippen molar-refractivity contribution in [2.75, 3.05) is 51.4 Å². The van der Waals surface area contributed by atoms with Gasteiger partial charge in [0.1, 0.15) is 19.6 Å². The lowest BCUT2D eigenvalue weighted by molar-refractivity contribution is -1.06. The molecule has 0 aliphatic rings. The topological polar surface area (TPSA) is 18.5 Å². The zero-order valence-electron chi connectivity index (χ0n) is 11.0. The number of quaternary nitrogens is 1. The maximum absolute atomic E-state index is 14.5. The second-order valence-electron chi connectivity index (χ2n) is 3.97. The summed E-state index contributed by atoms with van der Waals surface area (Å²) in [5, 5.41) is 0.804. The van der Waals surface area contributed by atoms with Crippen molar-refractivity contribution in [3.8, 4) is 0 Å². The van der Waals surface area contributed by atoms with Crippen LogP contribution in [0.4, 0.5) is 4.48 Å². The van der Waals surface area contributed by atoms with Crippen LogP contribution in [0.1, 0.15) is 6.42 Å². The van der Waals surface area contributed by atoms with Crippen LogP contribution in [0, 0.1) is 0 Å². The van der Waals surface area contributed by atoms with Crippen LogP contribution in [0.15, 0.2) is 25.3 Å². The summed E-state index contributed by atoms with van der Waals surface area (Å²) in [7, 11) is 0. The van der Waals surface area contributed by atoms with Gasteiger partial charge in [0.15, 0.2) is 0 Å². The Morgan fingerprint density at radius 2 is 1.50 bits per heavy atom. The van der Waals surface area contributed by atoms with Gasteiger partial charge in [0.2, 0.25) is 0 Å². The first-order valence-corrected chi connectivity index (χ1v) is 7.29. The molecule has 0 atom stereocenters. The van der Waals surface area contributed by atoms with Crippen LogP contribution >= 0.6 is 15.9 Å². The maximum atomic E-state index is 14.5. The van der Waals surface area contributed by atoms with Crippen molar-refractivity contribution in [1.82, 2.24) is 0 Å². The Balaban J connectivity index is 3.97. The highest BCUT2D eigenvalue weighted by atomic mass is 79.9. The Kier molecular flexibility index (Phi) is 11.7. The van der Waals surface area contributed by atoms with Gasteiger partial charge >= 0.3 is 0 Å². The lowest BCUT2D eigenvalue weighted by Crippen LogP contribution is -2.45. The van der Waals surface area contributed by atoms with E-state index in [0.717, 1.165) is 11.8 Å². The molecule has 0 aromatic heterocycles. The average Bonchev–Trinajstić information content (AvgIpc) is 2.38. The molecule has 106 valence electrons. The van der Waals surface area contributed by atoms with E-state index in [4.69, 9.17) is 9.47 Å². The predicted octanol–water partition coefficient (Wildman–Crippen LogP) is 2.88. The number of hydrogen-bond donors (Lipinski definition) is 0. The third-order valence-corrected chi connectivity index (χ3v) is 3.00. The maximum Gasteiger partial charge on any atom is 0.138 e. The number of hydrogen-bond acceptors (Lipinski definition) is 2. The molecular formula is C13H24BrFNO2+. The SMILES string of the molecule is C=CCOCC[N+](F)(CCCBr)CCOCC=C. The Labute approximate surface area is 118 Å². The minimum atomic E-state index is -0.514. The zero-order chi connectivity index (χ0) is 13.7. The summed E-state index contributed by atoms with van der Waals surface area (Å²) in [6, 6.07) is 0. The van der Waals surface area contributed by atoms with Crippen LogP contribution in [0.2, 0.25) is 0 Å². The quantitative estimate of drug-likeness (QED) is 0.224. The molecule has 0 fully saturated rings. The molecule has 3 nitrogen and oxygen atoms in total. The molecule has 18 heavy (non-hydrogen) atoms. The molecule has 0 spiro atoms. The number of nitrogens with zero attached hydrogens (tertiary/aromatic N) is 1. The van der Waals surface area contributed by atoms with Gasteiger partial charge < -0.3 is 9.47 Å². The van der Waals surface area contributed by atoms with Crippen molar-refractivity contribution in [2.45, 2.75) is 6.42 Å². The lowest BCUT2D eigenvalue weighted by atomic mass is 10.4. The fourth-order valence-electron chi connectivity index (χ4n) is 1.47. The van der Waals surface area contributed by atoms with Crippen LogP contribution in [0.25, 0.3) is 0 Å². The van der Waals surface area contributed by atoms with E-state index in [1.165, 1.54) is 0 Å². The van der Waals surface area contributed by atoms with Gasteiger partial charge in [-0.2, -0.15) is 0 Å². The van der Waals surface area contributed by atoms with Gasteiger partial charge in [-0.15, -0.1) is 17.9 Å². The number of rotatable bonds is 13. The smallest absolute Gasteiger partial charge is 0.138 e. The molecule has 0 saturated carbocycles. The van der Waals surface area contributed by atoms with Crippen molar-refractivity contribution in [3.05, 3.63) is 25.3 Å². The third kappa shape index (κ3) is 9.76. The first kappa shape index (κ1) is 17.8. The van der Waals surface area contributed by atoms with Gasteiger partial charge in [0.05, 0.1) is 26.4 Å². The summed E-state index contributed by atoms with van der Waals surface area (Å²) in [4.78, 5) is 0. The van der Waals surface area contributed by atoms with Crippen LogP contribution < -0.4 is 0 Å². The minimum Gasteiger partial charge on any atom is -0.371 e. The Morgan fingerprint density at radius 3 is 1.89 bits per heavy atom. The normalized spacial score (nSPS) is 11.4. The summed E-state index contributed by atoms with van der Waals surface area (Å²) < 4.78 is 24.5. The monoisotopic (exact) mass is 324 g/mol. The second-order valence-corrected chi connectivity index (χ2v) is 4.76. The van der Waals surface area contributed by atoms with Crippen molar-refractivity contribution in [2.24, 2.45) is 0 Å². The van der Waals surface area contributed by atoms with Gasteiger partial charge in [-0.3, -0.25) is 0 Å². The van der Waals surface area contributed by atoms with Crippen molar-refractivity contribution in [1.29, 1.82) is 0 Å². The highest BCUT2D eigenvalue weighted by Gasteiger charge is 2.27. The highest BCUT2D eigenvalue weighted by molar-refractivity contribution is 9.09. The number of alkyl halides is 1. The molecule has 0 radical (unpaired) electrons. The van der Waals surface area contributed by atoms with Gasteiger partial charge in [0.25, 0.3) is 0 Å². The summed E-state index contributed by atoms with van der Waals surface area (Å²) in [6.45, 7) is 9.99. The van der Waals surface area contributed by atoms with Gasteiger partial charge in [0, 0.05) is 11.8 Å². The lowest BCUT2D eigenvalue weighted by Gasteiger charge is -2.26. The predicted molar refractivity (Wildman–Crippen MR) is 76.4 cm³/mol. The Morgan fingerprint density at radius 1 is 1.00 bits per heavy atom. The molecule has 0 aliphatic heterocycles. The van der Waals surface area contributed by atoms with E-state index < -0.39 is 4.71 Å². The number of ether oxygens (including phenoxy) is 2. The largest absolute Gasteiger partial charge is 0.371 e. The molecule has 0 N–H and O–H groups in total. The molecule has 5 heteroatoms. The van der Waals surface area contributed by atoms with E-state index in [1.807, 2.05) is 0 Å². The molecule has 0 aromatic rings. The van der Waals surface area contributed by atoms with E-state index in [-0.39, 0.29) is 0 Å².